The van der Waals surface area contributed by atoms with E-state index in [0.29, 0.717) is 6.08 Å². The van der Waals surface area contributed by atoms with Crippen molar-refractivity contribution in [3.05, 3.63) is 40.3 Å². The molecule has 0 spiro atoms. The van der Waals surface area contributed by atoms with Crippen LogP contribution in [-0.4, -0.2) is 36.8 Å². The van der Waals surface area contributed by atoms with Gasteiger partial charge in [-0.2, -0.15) is 16.8 Å². The Morgan fingerprint density at radius 3 is 2.20 bits per heavy atom. The molecular formula is C10H9NO7S2. The van der Waals surface area contributed by atoms with Gasteiger partial charge < -0.3 is 5.11 Å². The molecule has 0 saturated heterocycles. The van der Waals surface area contributed by atoms with Crippen LogP contribution in [0.5, 0.6) is 5.75 Å². The SMILES string of the molecule is N=C1C(S(=O)(=O)O)=CC(S(=O)(=O)O)c2cccc(O)c21. The molecule has 4 N–H and O–H groups in total. The lowest BCUT2D eigenvalue weighted by Gasteiger charge is -2.22. The van der Waals surface area contributed by atoms with Crippen molar-refractivity contribution in [3.63, 3.8) is 0 Å². The van der Waals surface area contributed by atoms with Crippen molar-refractivity contribution >= 4 is 25.9 Å². The molecule has 0 heterocycles. The maximum atomic E-state index is 11.3. The van der Waals surface area contributed by atoms with Gasteiger partial charge >= 0.3 is 0 Å². The summed E-state index contributed by atoms with van der Waals surface area (Å²) in [5, 5.41) is 15.6. The number of rotatable bonds is 2. The number of benzene rings is 1. The second-order valence-corrected chi connectivity index (χ2v) is 6.99. The standard InChI is InChI=1S/C10H9NO7S2/c11-10-8(20(16,17)18)4-7(19(13,14)15)5-2-1-3-6(12)9(5)10/h1-4,7,11-12H,(H,13,14,15)(H,16,17,18). The van der Waals surface area contributed by atoms with Gasteiger partial charge in [0.1, 0.15) is 15.9 Å². The van der Waals surface area contributed by atoms with E-state index in [0.717, 1.165) is 6.07 Å². The van der Waals surface area contributed by atoms with Crippen LogP contribution in [-0.2, 0) is 20.2 Å². The fourth-order valence-corrected chi connectivity index (χ4v) is 3.54. The molecule has 1 aromatic rings. The summed E-state index contributed by atoms with van der Waals surface area (Å²) in [4.78, 5) is -0.992. The first-order valence-corrected chi connectivity index (χ1v) is 8.04. The molecule has 0 fully saturated rings. The van der Waals surface area contributed by atoms with Crippen molar-refractivity contribution in [3.8, 4) is 5.75 Å². The van der Waals surface area contributed by atoms with E-state index in [4.69, 9.17) is 14.5 Å². The third-order valence-corrected chi connectivity index (χ3v) is 4.71. The summed E-state index contributed by atoms with van der Waals surface area (Å²) in [5.41, 5.74) is -1.27. The number of allylic oxidation sites excluding steroid dienone is 1. The van der Waals surface area contributed by atoms with E-state index >= 15 is 0 Å². The quantitative estimate of drug-likeness (QED) is 0.578. The lowest BCUT2D eigenvalue weighted by Crippen LogP contribution is -2.24. The molecule has 0 saturated carbocycles. The highest BCUT2D eigenvalue weighted by molar-refractivity contribution is 7.91. The van der Waals surface area contributed by atoms with Crippen molar-refractivity contribution in [2.24, 2.45) is 0 Å². The average Bonchev–Trinajstić information content (AvgIpc) is 2.25. The zero-order valence-electron chi connectivity index (χ0n) is 9.68. The first-order valence-electron chi connectivity index (χ1n) is 5.10. The van der Waals surface area contributed by atoms with E-state index in [9.17, 15) is 21.9 Å². The van der Waals surface area contributed by atoms with E-state index in [1.165, 1.54) is 12.1 Å². The van der Waals surface area contributed by atoms with Gasteiger partial charge in [-0.1, -0.05) is 12.1 Å². The molecule has 0 aromatic heterocycles. The number of fused-ring (bicyclic) bond motifs is 1. The number of nitrogens with one attached hydrogen (secondary N) is 1. The van der Waals surface area contributed by atoms with E-state index in [-0.39, 0.29) is 11.1 Å². The van der Waals surface area contributed by atoms with Crippen molar-refractivity contribution < 1.29 is 31.0 Å². The Morgan fingerprint density at radius 2 is 1.70 bits per heavy atom. The molecule has 1 atom stereocenters. The molecule has 1 unspecified atom stereocenters. The summed E-state index contributed by atoms with van der Waals surface area (Å²) in [6.45, 7) is 0. The monoisotopic (exact) mass is 319 g/mol. The number of phenols is 1. The number of hydrogen-bond donors (Lipinski definition) is 4. The van der Waals surface area contributed by atoms with Crippen LogP contribution in [0.25, 0.3) is 0 Å². The van der Waals surface area contributed by atoms with Crippen LogP contribution in [0.3, 0.4) is 0 Å². The van der Waals surface area contributed by atoms with Crippen LogP contribution < -0.4 is 0 Å². The summed E-state index contributed by atoms with van der Waals surface area (Å²) >= 11 is 0. The third kappa shape index (κ3) is 2.33. The zero-order valence-corrected chi connectivity index (χ0v) is 11.3. The second-order valence-electron chi connectivity index (χ2n) is 4.06. The lowest BCUT2D eigenvalue weighted by molar-refractivity contribution is 0.470. The third-order valence-electron chi connectivity index (χ3n) is 2.78. The number of phenolic OH excluding ortho intramolecular Hbond substituents is 1. The average molecular weight is 319 g/mol. The van der Waals surface area contributed by atoms with Crippen molar-refractivity contribution in [1.82, 2.24) is 0 Å². The largest absolute Gasteiger partial charge is 0.507 e. The van der Waals surface area contributed by atoms with Gasteiger partial charge in [0.05, 0.1) is 5.71 Å². The van der Waals surface area contributed by atoms with E-state index in [2.05, 4.69) is 0 Å². The Hall–Kier alpha value is -1.75. The fourth-order valence-electron chi connectivity index (χ4n) is 1.96. The predicted octanol–water partition coefficient (Wildman–Crippen LogP) is 0.474. The normalized spacial score (nSPS) is 19.4. The Bertz CT molecular complexity index is 836. The molecule has 0 aliphatic heterocycles. The summed E-state index contributed by atoms with van der Waals surface area (Å²) in [6.07, 6.45) is 0.550. The van der Waals surface area contributed by atoms with Gasteiger partial charge in [-0.3, -0.25) is 14.5 Å². The first-order chi connectivity index (χ1) is 9.03. The molecule has 1 aliphatic rings. The van der Waals surface area contributed by atoms with Crippen LogP contribution in [0.2, 0.25) is 0 Å². The lowest BCUT2D eigenvalue weighted by atomic mass is 9.94. The van der Waals surface area contributed by atoms with Gasteiger partial charge in [-0.15, -0.1) is 0 Å². The van der Waals surface area contributed by atoms with Crippen LogP contribution in [0.1, 0.15) is 16.4 Å². The van der Waals surface area contributed by atoms with Crippen LogP contribution in [0.15, 0.2) is 29.2 Å². The van der Waals surface area contributed by atoms with Crippen molar-refractivity contribution in [2.75, 3.05) is 0 Å². The molecule has 20 heavy (non-hydrogen) atoms. The molecule has 0 radical (unpaired) electrons. The Balaban J connectivity index is 2.87. The topological polar surface area (TPSA) is 153 Å². The molecule has 108 valence electrons. The number of hydrogen-bond acceptors (Lipinski definition) is 6. The highest BCUT2D eigenvalue weighted by Crippen LogP contribution is 2.38. The maximum Gasteiger partial charge on any atom is 0.296 e. The molecule has 8 nitrogen and oxygen atoms in total. The Morgan fingerprint density at radius 1 is 1.10 bits per heavy atom. The summed E-state index contributed by atoms with van der Waals surface area (Å²) in [6, 6.07) is 3.63. The minimum atomic E-state index is -4.88. The van der Waals surface area contributed by atoms with Crippen LogP contribution in [0, 0.1) is 5.41 Å². The zero-order chi connectivity index (χ0) is 15.3. The van der Waals surface area contributed by atoms with E-state index in [1.807, 2.05) is 0 Å². The van der Waals surface area contributed by atoms with E-state index < -0.39 is 41.9 Å². The van der Waals surface area contributed by atoms with E-state index in [1.54, 1.807) is 0 Å². The molecule has 2 rings (SSSR count). The molecule has 1 aliphatic carbocycles. The van der Waals surface area contributed by atoms with Gasteiger partial charge in [0.2, 0.25) is 0 Å². The van der Waals surface area contributed by atoms with Crippen molar-refractivity contribution in [2.45, 2.75) is 5.25 Å². The predicted molar refractivity (Wildman–Crippen MR) is 68.9 cm³/mol. The van der Waals surface area contributed by atoms with Crippen LogP contribution >= 0.6 is 0 Å². The van der Waals surface area contributed by atoms with Gasteiger partial charge in [0, 0.05) is 5.56 Å². The van der Waals surface area contributed by atoms with Gasteiger partial charge in [0.25, 0.3) is 20.2 Å². The summed E-state index contributed by atoms with van der Waals surface area (Å²) in [7, 11) is -9.61. The van der Waals surface area contributed by atoms with Gasteiger partial charge in [-0.25, -0.2) is 0 Å². The minimum absolute atomic E-state index is 0.148. The molecule has 0 amide bonds. The molecule has 10 heteroatoms. The fraction of sp³-hybridized carbons (Fsp3) is 0.100. The summed E-state index contributed by atoms with van der Waals surface area (Å²) < 4.78 is 63.2. The maximum absolute atomic E-state index is 11.3. The Labute approximate surface area is 114 Å². The second kappa shape index (κ2) is 4.38. The van der Waals surface area contributed by atoms with Gasteiger partial charge in [0.15, 0.2) is 0 Å². The Kier molecular flexibility index (Phi) is 3.21. The van der Waals surface area contributed by atoms with Crippen LogP contribution in [0.4, 0.5) is 0 Å². The smallest absolute Gasteiger partial charge is 0.296 e. The van der Waals surface area contributed by atoms with Crippen molar-refractivity contribution in [1.29, 1.82) is 5.41 Å². The molecule has 0 bridgehead atoms. The first kappa shape index (κ1) is 14.7. The number of aromatic hydroxyl groups is 1. The van der Waals surface area contributed by atoms with Gasteiger partial charge in [-0.05, 0) is 17.7 Å². The molecule has 1 aromatic carbocycles. The highest BCUT2D eigenvalue weighted by atomic mass is 32.2. The summed E-state index contributed by atoms with van der Waals surface area (Å²) in [5.74, 6) is -0.532. The highest BCUT2D eigenvalue weighted by Gasteiger charge is 2.37. The molecular weight excluding hydrogens is 310 g/mol. The minimum Gasteiger partial charge on any atom is -0.507 e.